The molecule has 1 fully saturated rings. The Kier molecular flexibility index (Phi) is 8.81. The lowest BCUT2D eigenvalue weighted by molar-refractivity contribution is -0.123. The molecule has 0 atom stereocenters. The number of hydrogen-bond acceptors (Lipinski definition) is 7. The Bertz CT molecular complexity index is 1410. The second kappa shape index (κ2) is 12.0. The van der Waals surface area contributed by atoms with Gasteiger partial charge >= 0.3 is 5.97 Å². The van der Waals surface area contributed by atoms with Gasteiger partial charge in [0.25, 0.3) is 11.1 Å². The zero-order chi connectivity index (χ0) is 26.5. The molecule has 0 aromatic heterocycles. The van der Waals surface area contributed by atoms with Gasteiger partial charge in [0.15, 0.2) is 11.5 Å². The minimum Gasteiger partial charge on any atom is -0.493 e. The molecule has 0 spiro atoms. The highest BCUT2D eigenvalue weighted by molar-refractivity contribution is 9.10. The number of methoxy groups -OCH3 is 1. The monoisotopic (exact) mass is 621 g/mol. The van der Waals surface area contributed by atoms with Gasteiger partial charge in [0.2, 0.25) is 0 Å². The Morgan fingerprint density at radius 2 is 1.73 bits per heavy atom. The Morgan fingerprint density at radius 1 is 1.03 bits per heavy atom. The van der Waals surface area contributed by atoms with Gasteiger partial charge in [-0.3, -0.25) is 14.5 Å². The first-order valence-electron chi connectivity index (χ1n) is 10.8. The number of para-hydroxylation sites is 1. The van der Waals surface area contributed by atoms with E-state index >= 15 is 0 Å². The molecule has 0 unspecified atom stereocenters. The maximum atomic E-state index is 12.9. The highest BCUT2D eigenvalue weighted by atomic mass is 79.9. The van der Waals surface area contributed by atoms with Crippen LogP contribution in [-0.4, -0.2) is 42.3 Å². The van der Waals surface area contributed by atoms with E-state index in [4.69, 9.17) is 37.4 Å². The molecule has 1 heterocycles. The zero-order valence-electron chi connectivity index (χ0n) is 19.2. The van der Waals surface area contributed by atoms with Gasteiger partial charge in [0, 0.05) is 0 Å². The van der Waals surface area contributed by atoms with Crippen molar-refractivity contribution in [1.82, 2.24) is 4.90 Å². The lowest BCUT2D eigenvalue weighted by Crippen LogP contribution is -2.32. The van der Waals surface area contributed by atoms with Crippen molar-refractivity contribution in [2.24, 2.45) is 0 Å². The number of halogens is 3. The number of hydrogen-bond donors (Lipinski definition) is 0. The predicted molar refractivity (Wildman–Crippen MR) is 147 cm³/mol. The molecule has 190 valence electrons. The molecule has 0 saturated carbocycles. The van der Waals surface area contributed by atoms with Crippen molar-refractivity contribution in [2.75, 3.05) is 20.3 Å². The lowest BCUT2D eigenvalue weighted by Gasteiger charge is -2.14. The second-order valence-corrected chi connectivity index (χ2v) is 10.2. The molecule has 0 bridgehead atoms. The van der Waals surface area contributed by atoms with Crippen LogP contribution in [0.15, 0.2) is 70.0 Å². The van der Waals surface area contributed by atoms with E-state index < -0.39 is 17.1 Å². The van der Waals surface area contributed by atoms with Crippen LogP contribution in [0, 0.1) is 0 Å². The van der Waals surface area contributed by atoms with Crippen LogP contribution >= 0.6 is 50.9 Å². The van der Waals surface area contributed by atoms with E-state index in [0.717, 1.165) is 16.7 Å². The van der Waals surface area contributed by atoms with Gasteiger partial charge in [-0.05, 0) is 75.7 Å². The Hall–Kier alpha value is -2.98. The van der Waals surface area contributed by atoms with E-state index in [1.807, 2.05) is 0 Å². The summed E-state index contributed by atoms with van der Waals surface area (Å²) in [5, 5.41) is 0.291. The van der Waals surface area contributed by atoms with E-state index in [-0.39, 0.29) is 40.1 Å². The topological polar surface area (TPSA) is 82.1 Å². The second-order valence-electron chi connectivity index (χ2n) is 7.52. The third kappa shape index (κ3) is 6.30. The maximum Gasteiger partial charge on any atom is 0.345 e. The Labute approximate surface area is 235 Å². The molecular formula is C26H18BrCl2NO6S. The van der Waals surface area contributed by atoms with Gasteiger partial charge in [0.05, 0.1) is 38.6 Å². The molecule has 3 aromatic rings. The number of thioether (sulfide) groups is 1. The third-order valence-electron chi connectivity index (χ3n) is 5.12. The quantitative estimate of drug-likeness (QED) is 0.151. The van der Waals surface area contributed by atoms with Crippen molar-refractivity contribution in [1.29, 1.82) is 0 Å². The number of esters is 1. The van der Waals surface area contributed by atoms with E-state index in [1.165, 1.54) is 7.11 Å². The molecule has 2 amide bonds. The molecule has 3 aromatic carbocycles. The molecule has 0 radical (unpaired) electrons. The van der Waals surface area contributed by atoms with Crippen LogP contribution in [0.25, 0.3) is 6.08 Å². The number of carbonyl (C=O) groups is 3. The molecule has 1 aliphatic heterocycles. The molecule has 11 heteroatoms. The molecule has 0 N–H and O–H groups in total. The molecular weight excluding hydrogens is 605 g/mol. The fourth-order valence-corrected chi connectivity index (χ4v) is 5.16. The molecule has 1 saturated heterocycles. The summed E-state index contributed by atoms with van der Waals surface area (Å²) in [5.41, 5.74) is 0.758. The van der Waals surface area contributed by atoms with Gasteiger partial charge in [-0.2, -0.15) is 0 Å². The number of amides is 2. The van der Waals surface area contributed by atoms with Gasteiger partial charge in [0.1, 0.15) is 12.4 Å². The zero-order valence-corrected chi connectivity index (χ0v) is 23.1. The predicted octanol–water partition coefficient (Wildman–Crippen LogP) is 7.10. The van der Waals surface area contributed by atoms with Crippen LogP contribution < -0.4 is 14.2 Å². The minimum atomic E-state index is -0.655. The summed E-state index contributed by atoms with van der Waals surface area (Å²) < 4.78 is 16.9. The molecule has 1 aliphatic rings. The first-order valence-corrected chi connectivity index (χ1v) is 13.1. The maximum absolute atomic E-state index is 12.9. The Balaban J connectivity index is 1.48. The highest BCUT2D eigenvalue weighted by Gasteiger charge is 2.35. The largest absolute Gasteiger partial charge is 0.493 e. The van der Waals surface area contributed by atoms with E-state index in [0.29, 0.717) is 20.8 Å². The van der Waals surface area contributed by atoms with Gasteiger partial charge < -0.3 is 14.2 Å². The number of nitrogens with zero attached hydrogens (tertiary/aromatic N) is 1. The number of carbonyl (C=O) groups excluding carboxylic acids is 3. The van der Waals surface area contributed by atoms with E-state index in [1.54, 1.807) is 66.7 Å². The number of rotatable bonds is 8. The average molecular weight is 623 g/mol. The summed E-state index contributed by atoms with van der Waals surface area (Å²) >= 11 is 16.4. The normalized spacial score (nSPS) is 14.3. The summed E-state index contributed by atoms with van der Waals surface area (Å²) in [7, 11) is 1.42. The van der Waals surface area contributed by atoms with Gasteiger partial charge in [-0.1, -0.05) is 47.5 Å². The molecule has 0 aliphatic carbocycles. The Morgan fingerprint density at radius 3 is 2.43 bits per heavy atom. The SMILES string of the molecule is COc1cc(/C=C2\SC(=O)N(CCOc3ccccc3Cl)C2=O)cc(Br)c1OC(=O)c1ccccc1Cl. The summed E-state index contributed by atoms with van der Waals surface area (Å²) in [6.07, 6.45) is 1.56. The summed E-state index contributed by atoms with van der Waals surface area (Å²) in [4.78, 5) is 39.3. The fraction of sp³-hybridized carbons (Fsp3) is 0.115. The van der Waals surface area contributed by atoms with Crippen molar-refractivity contribution >= 4 is 74.1 Å². The van der Waals surface area contributed by atoms with Gasteiger partial charge in [-0.15, -0.1) is 0 Å². The summed E-state index contributed by atoms with van der Waals surface area (Å²) in [5.74, 6) is -0.235. The minimum absolute atomic E-state index is 0.0666. The standard InChI is InChI=1S/C26H18BrCl2NO6S/c1-34-21-13-15(12-17(27)23(21)36-25(32)16-6-2-3-7-18(16)28)14-22-24(31)30(26(33)37-22)10-11-35-20-9-5-4-8-19(20)29/h2-9,12-14H,10-11H2,1H3/b22-14-. The molecule has 4 rings (SSSR count). The van der Waals surface area contributed by atoms with Crippen LogP contribution in [0.4, 0.5) is 4.79 Å². The smallest absolute Gasteiger partial charge is 0.345 e. The van der Waals surface area contributed by atoms with E-state index in [2.05, 4.69) is 15.9 Å². The van der Waals surface area contributed by atoms with Crippen LogP contribution in [-0.2, 0) is 4.79 Å². The van der Waals surface area contributed by atoms with Crippen molar-refractivity contribution < 1.29 is 28.6 Å². The molecule has 37 heavy (non-hydrogen) atoms. The summed E-state index contributed by atoms with van der Waals surface area (Å²) in [6, 6.07) is 16.7. The lowest BCUT2D eigenvalue weighted by atomic mass is 10.1. The van der Waals surface area contributed by atoms with Crippen LogP contribution in [0.1, 0.15) is 15.9 Å². The number of imide groups is 1. The van der Waals surface area contributed by atoms with Crippen LogP contribution in [0.2, 0.25) is 10.0 Å². The highest BCUT2D eigenvalue weighted by Crippen LogP contribution is 2.39. The third-order valence-corrected chi connectivity index (χ3v) is 7.26. The summed E-state index contributed by atoms with van der Waals surface area (Å²) in [6.45, 7) is 0.164. The number of ether oxygens (including phenoxy) is 3. The molecule has 7 nitrogen and oxygen atoms in total. The van der Waals surface area contributed by atoms with Gasteiger partial charge in [-0.25, -0.2) is 4.79 Å². The first-order chi connectivity index (χ1) is 17.8. The van der Waals surface area contributed by atoms with Crippen molar-refractivity contribution in [3.05, 3.63) is 91.2 Å². The van der Waals surface area contributed by atoms with E-state index in [9.17, 15) is 14.4 Å². The fourth-order valence-electron chi connectivity index (χ4n) is 3.35. The van der Waals surface area contributed by atoms with Crippen molar-refractivity contribution in [3.63, 3.8) is 0 Å². The van der Waals surface area contributed by atoms with Crippen molar-refractivity contribution in [2.45, 2.75) is 0 Å². The van der Waals surface area contributed by atoms with Crippen LogP contribution in [0.3, 0.4) is 0 Å². The van der Waals surface area contributed by atoms with Crippen LogP contribution in [0.5, 0.6) is 17.2 Å². The van der Waals surface area contributed by atoms with Crippen molar-refractivity contribution in [3.8, 4) is 17.2 Å². The average Bonchev–Trinajstić information content (AvgIpc) is 3.14. The first kappa shape index (κ1) is 27.1. The number of benzene rings is 3.